The van der Waals surface area contributed by atoms with Gasteiger partial charge >= 0.3 is 0 Å². The molecule has 0 radical (unpaired) electrons. The zero-order chi connectivity index (χ0) is 22.9. The summed E-state index contributed by atoms with van der Waals surface area (Å²) in [5, 5.41) is 4.53. The summed E-state index contributed by atoms with van der Waals surface area (Å²) < 4.78 is 2.33. The molecule has 34 heavy (non-hydrogen) atoms. The zero-order valence-electron chi connectivity index (χ0n) is 18.6. The second-order valence-corrected chi connectivity index (χ2v) is 10.1. The van der Waals surface area contributed by atoms with E-state index in [2.05, 4.69) is 119 Å². The lowest BCUT2D eigenvalue weighted by Gasteiger charge is -2.14. The molecule has 0 fully saturated rings. The van der Waals surface area contributed by atoms with Gasteiger partial charge in [0.05, 0.1) is 16.1 Å². The Kier molecular flexibility index (Phi) is 5.57. The monoisotopic (exact) mass is 476 g/mol. The fraction of sp³-hybridized carbons (Fsp3) is 0.0345. The first-order chi connectivity index (χ1) is 16.8. The molecule has 0 bridgehead atoms. The molecule has 0 N–H and O–H groups in total. The Morgan fingerprint density at radius 3 is 2.44 bits per heavy atom. The number of rotatable bonds is 4. The molecule has 0 amide bonds. The average Bonchev–Trinajstić information content (AvgIpc) is 3.20. The van der Waals surface area contributed by atoms with E-state index in [1.807, 2.05) is 30.1 Å². The SMILES string of the molecule is CN1/C(=C/c2cc(Sc3ccccn3)[n+](-c3ccccc3)c3ccccc23)Sc2ccccc21. The van der Waals surface area contributed by atoms with Crippen LogP contribution < -0.4 is 9.47 Å². The van der Waals surface area contributed by atoms with Crippen molar-refractivity contribution < 1.29 is 4.57 Å². The first-order valence-electron chi connectivity index (χ1n) is 11.1. The van der Waals surface area contributed by atoms with Gasteiger partial charge in [0.15, 0.2) is 0 Å². The third kappa shape index (κ3) is 3.87. The van der Waals surface area contributed by atoms with E-state index in [0.717, 1.165) is 15.7 Å². The molecule has 3 aromatic carbocycles. The van der Waals surface area contributed by atoms with E-state index in [1.54, 1.807) is 11.8 Å². The van der Waals surface area contributed by atoms with Crippen LogP contribution in [0.1, 0.15) is 5.56 Å². The van der Waals surface area contributed by atoms with Crippen LogP contribution in [0.4, 0.5) is 5.69 Å². The van der Waals surface area contributed by atoms with Crippen LogP contribution in [-0.4, -0.2) is 12.0 Å². The molecule has 5 aromatic rings. The normalized spacial score (nSPS) is 14.0. The molecular formula is C29H22N3S2+. The Labute approximate surface area is 207 Å². The van der Waals surface area contributed by atoms with Crippen LogP contribution in [0.2, 0.25) is 0 Å². The number of hydrogen-bond donors (Lipinski definition) is 0. The molecule has 164 valence electrons. The van der Waals surface area contributed by atoms with Gasteiger partial charge in [-0.15, -0.1) is 4.57 Å². The highest BCUT2D eigenvalue weighted by molar-refractivity contribution is 8.03. The third-order valence-electron chi connectivity index (χ3n) is 5.87. The molecule has 5 heteroatoms. The lowest BCUT2D eigenvalue weighted by molar-refractivity contribution is -0.608. The molecule has 6 rings (SSSR count). The average molecular weight is 477 g/mol. The van der Waals surface area contributed by atoms with Gasteiger partial charge < -0.3 is 4.90 Å². The van der Waals surface area contributed by atoms with Gasteiger partial charge in [-0.1, -0.05) is 60.3 Å². The molecule has 3 nitrogen and oxygen atoms in total. The van der Waals surface area contributed by atoms with Gasteiger partial charge in [0.1, 0.15) is 5.03 Å². The summed E-state index contributed by atoms with van der Waals surface area (Å²) >= 11 is 3.51. The van der Waals surface area contributed by atoms with E-state index in [1.165, 1.54) is 32.1 Å². The summed E-state index contributed by atoms with van der Waals surface area (Å²) in [5.41, 5.74) is 4.76. The van der Waals surface area contributed by atoms with Gasteiger partial charge in [0.2, 0.25) is 11.2 Å². The lowest BCUT2D eigenvalue weighted by Crippen LogP contribution is -2.34. The van der Waals surface area contributed by atoms with E-state index in [9.17, 15) is 0 Å². The van der Waals surface area contributed by atoms with Crippen molar-refractivity contribution in [1.82, 2.24) is 4.98 Å². The van der Waals surface area contributed by atoms with Gasteiger partial charge in [-0.2, -0.15) is 0 Å². The van der Waals surface area contributed by atoms with Crippen molar-refractivity contribution in [3.63, 3.8) is 0 Å². The van der Waals surface area contributed by atoms with Gasteiger partial charge in [-0.05, 0) is 53.7 Å². The Bertz CT molecular complexity index is 1520. The maximum absolute atomic E-state index is 4.58. The van der Waals surface area contributed by atoms with Crippen LogP contribution >= 0.6 is 23.5 Å². The summed E-state index contributed by atoms with van der Waals surface area (Å²) in [4.78, 5) is 8.15. The summed E-state index contributed by atoms with van der Waals surface area (Å²) in [6.45, 7) is 0. The first kappa shape index (κ1) is 21.0. The zero-order valence-corrected chi connectivity index (χ0v) is 20.3. The quantitative estimate of drug-likeness (QED) is 0.255. The maximum atomic E-state index is 4.58. The van der Waals surface area contributed by atoms with E-state index >= 15 is 0 Å². The van der Waals surface area contributed by atoms with E-state index in [0.29, 0.717) is 0 Å². The van der Waals surface area contributed by atoms with E-state index in [4.69, 9.17) is 0 Å². The van der Waals surface area contributed by atoms with Crippen LogP contribution in [0, 0.1) is 0 Å². The second kappa shape index (κ2) is 9.01. The number of fused-ring (bicyclic) bond motifs is 2. The van der Waals surface area contributed by atoms with Crippen LogP contribution in [0.5, 0.6) is 0 Å². The van der Waals surface area contributed by atoms with Crippen molar-refractivity contribution in [3.8, 4) is 5.69 Å². The fourth-order valence-electron chi connectivity index (χ4n) is 4.24. The molecule has 2 aromatic heterocycles. The Morgan fingerprint density at radius 1 is 0.853 bits per heavy atom. The number of aromatic nitrogens is 2. The van der Waals surface area contributed by atoms with E-state index in [-0.39, 0.29) is 0 Å². The van der Waals surface area contributed by atoms with Gasteiger partial charge in [-0.3, -0.25) is 0 Å². The largest absolute Gasteiger partial charge is 0.338 e. The highest BCUT2D eigenvalue weighted by Gasteiger charge is 2.25. The van der Waals surface area contributed by atoms with Crippen LogP contribution in [0.3, 0.4) is 0 Å². The van der Waals surface area contributed by atoms with Crippen molar-refractivity contribution in [2.75, 3.05) is 11.9 Å². The van der Waals surface area contributed by atoms with Crippen LogP contribution in [0.15, 0.2) is 129 Å². The smallest absolute Gasteiger partial charge is 0.253 e. The number of pyridine rings is 2. The molecule has 0 atom stereocenters. The fourth-order valence-corrected chi connectivity index (χ4v) is 6.30. The minimum atomic E-state index is 0.973. The summed E-state index contributed by atoms with van der Waals surface area (Å²) in [6, 6.07) is 36.1. The lowest BCUT2D eigenvalue weighted by atomic mass is 10.1. The number of para-hydroxylation sites is 3. The van der Waals surface area contributed by atoms with E-state index < -0.39 is 0 Å². The highest BCUT2D eigenvalue weighted by atomic mass is 32.2. The Morgan fingerprint density at radius 2 is 1.62 bits per heavy atom. The highest BCUT2D eigenvalue weighted by Crippen LogP contribution is 2.46. The minimum absolute atomic E-state index is 0.973. The molecule has 3 heterocycles. The molecule has 0 aliphatic carbocycles. The second-order valence-electron chi connectivity index (χ2n) is 8.01. The van der Waals surface area contributed by atoms with Crippen molar-refractivity contribution in [2.24, 2.45) is 0 Å². The molecule has 0 spiro atoms. The maximum Gasteiger partial charge on any atom is 0.253 e. The third-order valence-corrected chi connectivity index (χ3v) is 7.99. The first-order valence-corrected chi connectivity index (χ1v) is 12.8. The van der Waals surface area contributed by atoms with Crippen molar-refractivity contribution in [2.45, 2.75) is 14.9 Å². The molecular weight excluding hydrogens is 454 g/mol. The molecule has 0 saturated heterocycles. The Balaban J connectivity index is 1.56. The van der Waals surface area contributed by atoms with Crippen molar-refractivity contribution >= 4 is 46.2 Å². The number of benzene rings is 3. The Hall–Kier alpha value is -3.54. The predicted molar refractivity (Wildman–Crippen MR) is 143 cm³/mol. The molecule has 0 unspecified atom stereocenters. The van der Waals surface area contributed by atoms with Crippen LogP contribution in [0.25, 0.3) is 22.7 Å². The topological polar surface area (TPSA) is 20.0 Å². The molecule has 1 aliphatic rings. The molecule has 0 saturated carbocycles. The van der Waals surface area contributed by atoms with Crippen molar-refractivity contribution in [3.05, 3.63) is 120 Å². The number of anilines is 1. The number of hydrogen-bond acceptors (Lipinski definition) is 4. The standard InChI is InChI=1S/C29H22N3S2/c1-31-25-15-7-8-16-26(25)33-28(31)19-21-20-29(34-27-17-9-10-18-30-27)32(22-11-3-2-4-12-22)24-14-6-5-13-23(21)24/h2-20H,1H3/q+1. The summed E-state index contributed by atoms with van der Waals surface area (Å²) in [7, 11) is 2.14. The number of thioether (sulfide) groups is 1. The summed E-state index contributed by atoms with van der Waals surface area (Å²) in [6.07, 6.45) is 4.16. The summed E-state index contributed by atoms with van der Waals surface area (Å²) in [5.74, 6) is 0. The van der Waals surface area contributed by atoms with Gasteiger partial charge in [-0.25, -0.2) is 4.98 Å². The molecule has 1 aliphatic heterocycles. The predicted octanol–water partition coefficient (Wildman–Crippen LogP) is 7.20. The number of nitrogens with zero attached hydrogens (tertiary/aromatic N) is 3. The minimum Gasteiger partial charge on any atom is -0.338 e. The van der Waals surface area contributed by atoms with Gasteiger partial charge in [0.25, 0.3) is 5.03 Å². The van der Waals surface area contributed by atoms with Crippen molar-refractivity contribution in [1.29, 1.82) is 0 Å². The van der Waals surface area contributed by atoms with Crippen LogP contribution in [-0.2, 0) is 0 Å². The van der Waals surface area contributed by atoms with Gasteiger partial charge in [0, 0.05) is 42.4 Å².